The van der Waals surface area contributed by atoms with Gasteiger partial charge in [-0.05, 0) is 30.7 Å². The van der Waals surface area contributed by atoms with Crippen LogP contribution in [-0.4, -0.2) is 12.6 Å². The van der Waals surface area contributed by atoms with Crippen molar-refractivity contribution in [2.75, 3.05) is 6.61 Å². The van der Waals surface area contributed by atoms with Gasteiger partial charge in [0.05, 0.1) is 6.61 Å². The van der Waals surface area contributed by atoms with Crippen LogP contribution in [0.25, 0.3) is 0 Å². The fraction of sp³-hybridized carbons (Fsp3) is 0.720. The van der Waals surface area contributed by atoms with Gasteiger partial charge in [0.1, 0.15) is 0 Å². The van der Waals surface area contributed by atoms with Crippen molar-refractivity contribution in [2.45, 2.75) is 104 Å². The summed E-state index contributed by atoms with van der Waals surface area (Å²) in [7, 11) is 0. The smallest absolute Gasteiger partial charge is 0.305 e. The van der Waals surface area contributed by atoms with E-state index in [1.54, 1.807) is 0 Å². The third-order valence-electron chi connectivity index (χ3n) is 5.36. The molecule has 0 radical (unpaired) electrons. The maximum absolute atomic E-state index is 11.9. The number of esters is 1. The molecular formula is C25H42O2. The lowest BCUT2D eigenvalue weighted by Crippen LogP contribution is -2.08. The third kappa shape index (κ3) is 14.4. The highest BCUT2D eigenvalue weighted by Crippen LogP contribution is 2.17. The highest BCUT2D eigenvalue weighted by atomic mass is 16.5. The molecule has 0 bridgehead atoms. The van der Waals surface area contributed by atoms with Gasteiger partial charge in [-0.3, -0.25) is 4.79 Å². The van der Waals surface area contributed by atoms with Gasteiger partial charge in [0, 0.05) is 6.42 Å². The van der Waals surface area contributed by atoms with Crippen LogP contribution in [0.2, 0.25) is 0 Å². The Bertz CT molecular complexity index is 455. The van der Waals surface area contributed by atoms with E-state index in [-0.39, 0.29) is 5.97 Å². The minimum atomic E-state index is -0.0259. The van der Waals surface area contributed by atoms with Gasteiger partial charge >= 0.3 is 5.97 Å². The van der Waals surface area contributed by atoms with Crippen LogP contribution in [0.4, 0.5) is 0 Å². The normalized spacial score (nSPS) is 12.1. The van der Waals surface area contributed by atoms with Crippen LogP contribution >= 0.6 is 0 Å². The average Bonchev–Trinajstić information content (AvgIpc) is 2.69. The number of carbonyl (C=O) groups is 1. The molecule has 1 aromatic carbocycles. The zero-order valence-electron chi connectivity index (χ0n) is 17.9. The number of rotatable bonds is 17. The largest absolute Gasteiger partial charge is 0.466 e. The molecule has 0 heterocycles. The summed E-state index contributed by atoms with van der Waals surface area (Å²) < 4.78 is 5.37. The van der Waals surface area contributed by atoms with Crippen LogP contribution in [-0.2, 0) is 16.0 Å². The fourth-order valence-corrected chi connectivity index (χ4v) is 3.49. The van der Waals surface area contributed by atoms with Crippen molar-refractivity contribution in [3.63, 3.8) is 0 Å². The molecule has 0 fully saturated rings. The molecule has 1 aromatic rings. The molecular weight excluding hydrogens is 332 g/mol. The van der Waals surface area contributed by atoms with Crippen molar-refractivity contribution in [1.29, 1.82) is 0 Å². The fourth-order valence-electron chi connectivity index (χ4n) is 3.49. The van der Waals surface area contributed by atoms with Gasteiger partial charge in [-0.25, -0.2) is 0 Å². The van der Waals surface area contributed by atoms with Gasteiger partial charge in [-0.15, -0.1) is 0 Å². The van der Waals surface area contributed by atoms with Crippen molar-refractivity contribution in [1.82, 2.24) is 0 Å². The summed E-state index contributed by atoms with van der Waals surface area (Å²) >= 11 is 0. The van der Waals surface area contributed by atoms with E-state index in [4.69, 9.17) is 4.74 Å². The Morgan fingerprint density at radius 1 is 0.852 bits per heavy atom. The number of benzene rings is 1. The van der Waals surface area contributed by atoms with Gasteiger partial charge in [0.2, 0.25) is 0 Å². The molecule has 2 nitrogen and oxygen atoms in total. The monoisotopic (exact) mass is 374 g/mol. The first-order chi connectivity index (χ1) is 13.2. The Morgan fingerprint density at radius 2 is 1.48 bits per heavy atom. The number of unbranched alkanes of at least 4 members (excludes halogenated alkanes) is 8. The lowest BCUT2D eigenvalue weighted by atomic mass is 9.97. The second-order valence-electron chi connectivity index (χ2n) is 8.07. The van der Waals surface area contributed by atoms with Crippen LogP contribution in [0, 0.1) is 5.92 Å². The molecule has 0 amide bonds. The van der Waals surface area contributed by atoms with E-state index in [0.29, 0.717) is 18.9 Å². The summed E-state index contributed by atoms with van der Waals surface area (Å²) in [6, 6.07) is 10.4. The van der Waals surface area contributed by atoms with Crippen LogP contribution in [0.15, 0.2) is 30.3 Å². The maximum atomic E-state index is 11.9. The van der Waals surface area contributed by atoms with E-state index >= 15 is 0 Å². The number of hydrogen-bond donors (Lipinski definition) is 0. The minimum absolute atomic E-state index is 0.0259. The zero-order chi connectivity index (χ0) is 19.6. The average molecular weight is 375 g/mol. The summed E-state index contributed by atoms with van der Waals surface area (Å²) in [5.41, 5.74) is 1.31. The van der Waals surface area contributed by atoms with Crippen molar-refractivity contribution in [2.24, 2.45) is 5.92 Å². The summed E-state index contributed by atoms with van der Waals surface area (Å²) in [5, 5.41) is 0. The van der Waals surface area contributed by atoms with Gasteiger partial charge in [0.25, 0.3) is 0 Å². The Kier molecular flexibility index (Phi) is 14.8. The SMILES string of the molecule is CCCCCCCCCCCC(C)CCC(=O)OCCCc1ccccc1. The van der Waals surface area contributed by atoms with Crippen molar-refractivity contribution < 1.29 is 9.53 Å². The Labute approximate surface area is 168 Å². The molecule has 0 aromatic heterocycles. The van der Waals surface area contributed by atoms with E-state index in [2.05, 4.69) is 38.1 Å². The van der Waals surface area contributed by atoms with Gasteiger partial charge in [-0.2, -0.15) is 0 Å². The molecule has 0 spiro atoms. The molecule has 0 aliphatic carbocycles. The molecule has 1 unspecified atom stereocenters. The van der Waals surface area contributed by atoms with E-state index in [0.717, 1.165) is 19.3 Å². The lowest BCUT2D eigenvalue weighted by molar-refractivity contribution is -0.144. The molecule has 27 heavy (non-hydrogen) atoms. The highest BCUT2D eigenvalue weighted by molar-refractivity contribution is 5.69. The predicted octanol–water partition coefficient (Wildman–Crippen LogP) is 7.50. The van der Waals surface area contributed by atoms with Gasteiger partial charge < -0.3 is 4.74 Å². The van der Waals surface area contributed by atoms with Crippen LogP contribution < -0.4 is 0 Å². The number of ether oxygens (including phenoxy) is 1. The number of carbonyl (C=O) groups excluding carboxylic acids is 1. The molecule has 2 heteroatoms. The number of aryl methyl sites for hydroxylation is 1. The topological polar surface area (TPSA) is 26.3 Å². The quantitative estimate of drug-likeness (QED) is 0.208. The first-order valence-electron chi connectivity index (χ1n) is 11.4. The van der Waals surface area contributed by atoms with Crippen LogP contribution in [0.3, 0.4) is 0 Å². The summed E-state index contributed by atoms with van der Waals surface area (Å²) in [5.74, 6) is 0.605. The van der Waals surface area contributed by atoms with Gasteiger partial charge in [0.15, 0.2) is 0 Å². The van der Waals surface area contributed by atoms with Crippen molar-refractivity contribution in [3.05, 3.63) is 35.9 Å². The molecule has 0 aliphatic rings. The van der Waals surface area contributed by atoms with E-state index in [9.17, 15) is 4.79 Å². The summed E-state index contributed by atoms with van der Waals surface area (Å²) in [6.07, 6.45) is 17.1. The first-order valence-corrected chi connectivity index (χ1v) is 11.4. The minimum Gasteiger partial charge on any atom is -0.466 e. The summed E-state index contributed by atoms with van der Waals surface area (Å²) in [6.45, 7) is 5.08. The highest BCUT2D eigenvalue weighted by Gasteiger charge is 2.08. The molecule has 0 saturated carbocycles. The summed E-state index contributed by atoms with van der Waals surface area (Å²) in [4.78, 5) is 11.9. The molecule has 0 N–H and O–H groups in total. The van der Waals surface area contributed by atoms with E-state index in [1.165, 1.54) is 69.8 Å². The third-order valence-corrected chi connectivity index (χ3v) is 5.36. The van der Waals surface area contributed by atoms with Crippen molar-refractivity contribution in [3.8, 4) is 0 Å². The molecule has 0 saturated heterocycles. The molecule has 1 rings (SSSR count). The second-order valence-corrected chi connectivity index (χ2v) is 8.07. The van der Waals surface area contributed by atoms with Crippen LogP contribution in [0.5, 0.6) is 0 Å². The van der Waals surface area contributed by atoms with Gasteiger partial charge in [-0.1, -0.05) is 108 Å². The van der Waals surface area contributed by atoms with Crippen LogP contribution in [0.1, 0.15) is 103 Å². The maximum Gasteiger partial charge on any atom is 0.305 e. The Hall–Kier alpha value is -1.31. The van der Waals surface area contributed by atoms with Crippen molar-refractivity contribution >= 4 is 5.97 Å². The first kappa shape index (κ1) is 23.7. The predicted molar refractivity (Wildman–Crippen MR) is 116 cm³/mol. The molecule has 154 valence electrons. The second kappa shape index (κ2) is 16.8. The molecule has 1 atom stereocenters. The Balaban J connectivity index is 1.89. The lowest BCUT2D eigenvalue weighted by Gasteiger charge is -2.11. The molecule has 0 aliphatic heterocycles. The van der Waals surface area contributed by atoms with E-state index < -0.39 is 0 Å². The van der Waals surface area contributed by atoms with E-state index in [1.807, 2.05) is 6.07 Å². The number of hydrogen-bond acceptors (Lipinski definition) is 2. The standard InChI is InChI=1S/C25H42O2/c1-3-4-5-6-7-8-9-10-12-16-23(2)20-21-25(26)27-22-15-19-24-17-13-11-14-18-24/h11,13-14,17-18,23H,3-10,12,15-16,19-22H2,1-2H3. The zero-order valence-corrected chi connectivity index (χ0v) is 17.9. The Morgan fingerprint density at radius 3 is 2.15 bits per heavy atom.